The minimum absolute atomic E-state index is 0.571. The molecule has 76 valence electrons. The van der Waals surface area contributed by atoms with Crippen LogP contribution in [0.1, 0.15) is 0 Å². The molecule has 0 aromatic carbocycles. The maximum Gasteiger partial charge on any atom is 0.128 e. The zero-order chi connectivity index (χ0) is 9.97. The second kappa shape index (κ2) is 3.84. The number of anilines is 2. The average molecular weight is 192 g/mol. The second-order valence-electron chi connectivity index (χ2n) is 3.80. The molecule has 1 aromatic heterocycles. The summed E-state index contributed by atoms with van der Waals surface area (Å²) in [5, 5.41) is 6.62. The molecular formula is C10H16N4. The lowest BCUT2D eigenvalue weighted by atomic mass is 10.2. The highest BCUT2D eigenvalue weighted by Gasteiger charge is 2.15. The largest absolute Gasteiger partial charge is 0.378 e. The molecule has 1 aromatic rings. The molecule has 0 atom stereocenters. The Hall–Kier alpha value is -1.29. The fourth-order valence-corrected chi connectivity index (χ4v) is 1.36. The van der Waals surface area contributed by atoms with Crippen molar-refractivity contribution in [1.29, 1.82) is 0 Å². The van der Waals surface area contributed by atoms with Crippen molar-refractivity contribution in [3.05, 3.63) is 18.3 Å². The van der Waals surface area contributed by atoms with Gasteiger partial charge in [-0.3, -0.25) is 0 Å². The number of hydrogen-bond donors (Lipinski definition) is 2. The molecule has 0 amide bonds. The molecule has 4 heteroatoms. The number of aromatic nitrogens is 1. The minimum Gasteiger partial charge on any atom is -0.378 e. The fourth-order valence-electron chi connectivity index (χ4n) is 1.36. The first-order valence-electron chi connectivity index (χ1n) is 4.86. The van der Waals surface area contributed by atoms with E-state index in [1.165, 1.54) is 0 Å². The molecule has 0 spiro atoms. The van der Waals surface area contributed by atoms with Gasteiger partial charge in [0.05, 0.1) is 17.9 Å². The van der Waals surface area contributed by atoms with Gasteiger partial charge < -0.3 is 15.5 Å². The molecule has 2 rings (SSSR count). The summed E-state index contributed by atoms with van der Waals surface area (Å²) in [4.78, 5) is 6.33. The standard InChI is InChI=1S/C10H16N4/c1-14(2)10-4-3-8(7-12-10)13-9-5-11-6-9/h3-4,7,9,11,13H,5-6H2,1-2H3. The molecule has 0 bridgehead atoms. The lowest BCUT2D eigenvalue weighted by Crippen LogP contribution is -2.51. The molecule has 0 radical (unpaired) electrons. The maximum absolute atomic E-state index is 4.33. The fraction of sp³-hybridized carbons (Fsp3) is 0.500. The van der Waals surface area contributed by atoms with Crippen LogP contribution in [-0.4, -0.2) is 38.2 Å². The van der Waals surface area contributed by atoms with Crippen molar-refractivity contribution in [3.63, 3.8) is 0 Å². The van der Waals surface area contributed by atoms with Crippen LogP contribution in [0.25, 0.3) is 0 Å². The monoisotopic (exact) mass is 192 g/mol. The molecule has 1 aliphatic heterocycles. The SMILES string of the molecule is CN(C)c1ccc(NC2CNC2)cn1. The van der Waals surface area contributed by atoms with Crippen LogP contribution < -0.4 is 15.5 Å². The van der Waals surface area contributed by atoms with E-state index in [9.17, 15) is 0 Å². The Kier molecular flexibility index (Phi) is 2.54. The Balaban J connectivity index is 1.98. The second-order valence-corrected chi connectivity index (χ2v) is 3.80. The van der Waals surface area contributed by atoms with Gasteiger partial charge in [-0.1, -0.05) is 0 Å². The van der Waals surface area contributed by atoms with E-state index in [0.29, 0.717) is 6.04 Å². The van der Waals surface area contributed by atoms with Crippen molar-refractivity contribution in [1.82, 2.24) is 10.3 Å². The molecule has 0 saturated carbocycles. The zero-order valence-corrected chi connectivity index (χ0v) is 8.62. The first-order chi connectivity index (χ1) is 6.75. The van der Waals surface area contributed by atoms with Gasteiger partial charge in [0.25, 0.3) is 0 Å². The number of hydrogen-bond acceptors (Lipinski definition) is 4. The molecule has 1 saturated heterocycles. The van der Waals surface area contributed by atoms with Crippen molar-refractivity contribution in [3.8, 4) is 0 Å². The van der Waals surface area contributed by atoms with E-state index in [0.717, 1.165) is 24.6 Å². The van der Waals surface area contributed by atoms with Crippen molar-refractivity contribution < 1.29 is 0 Å². The number of rotatable bonds is 3. The van der Waals surface area contributed by atoms with Crippen molar-refractivity contribution in [2.45, 2.75) is 6.04 Å². The molecule has 1 fully saturated rings. The number of nitrogens with zero attached hydrogens (tertiary/aromatic N) is 2. The molecule has 1 aliphatic rings. The van der Waals surface area contributed by atoms with Crippen LogP contribution in [0.3, 0.4) is 0 Å². The van der Waals surface area contributed by atoms with Gasteiger partial charge >= 0.3 is 0 Å². The first-order valence-corrected chi connectivity index (χ1v) is 4.86. The smallest absolute Gasteiger partial charge is 0.128 e. The summed E-state index contributed by atoms with van der Waals surface area (Å²) < 4.78 is 0. The Bertz CT molecular complexity index is 289. The topological polar surface area (TPSA) is 40.2 Å². The highest BCUT2D eigenvalue weighted by molar-refractivity contribution is 5.48. The van der Waals surface area contributed by atoms with Gasteiger partial charge in [0.2, 0.25) is 0 Å². The van der Waals surface area contributed by atoms with Crippen molar-refractivity contribution in [2.24, 2.45) is 0 Å². The van der Waals surface area contributed by atoms with Crippen LogP contribution in [0.15, 0.2) is 18.3 Å². The van der Waals surface area contributed by atoms with E-state index >= 15 is 0 Å². The summed E-state index contributed by atoms with van der Waals surface area (Å²) in [6, 6.07) is 4.66. The highest BCUT2D eigenvalue weighted by Crippen LogP contribution is 2.13. The van der Waals surface area contributed by atoms with Gasteiger partial charge in [0.15, 0.2) is 0 Å². The van der Waals surface area contributed by atoms with Crippen molar-refractivity contribution >= 4 is 11.5 Å². The Morgan fingerprint density at radius 3 is 2.64 bits per heavy atom. The van der Waals surface area contributed by atoms with Gasteiger partial charge in [-0.15, -0.1) is 0 Å². The predicted octanol–water partition coefficient (Wildman–Crippen LogP) is 0.531. The highest BCUT2D eigenvalue weighted by atomic mass is 15.1. The van der Waals surface area contributed by atoms with Crippen LogP contribution in [-0.2, 0) is 0 Å². The first kappa shape index (κ1) is 9.27. The summed E-state index contributed by atoms with van der Waals surface area (Å²) in [7, 11) is 3.98. The summed E-state index contributed by atoms with van der Waals surface area (Å²) in [6.07, 6.45) is 1.88. The van der Waals surface area contributed by atoms with Gasteiger partial charge in [-0.2, -0.15) is 0 Å². The third-order valence-electron chi connectivity index (χ3n) is 2.36. The quantitative estimate of drug-likeness (QED) is 0.733. The third-order valence-corrected chi connectivity index (χ3v) is 2.36. The van der Waals surface area contributed by atoms with Gasteiger partial charge in [-0.05, 0) is 12.1 Å². The van der Waals surface area contributed by atoms with E-state index < -0.39 is 0 Å². The number of pyridine rings is 1. The van der Waals surface area contributed by atoms with Gasteiger partial charge in [0.1, 0.15) is 5.82 Å². The van der Waals surface area contributed by atoms with Crippen LogP contribution in [0, 0.1) is 0 Å². The molecule has 0 aliphatic carbocycles. The molecule has 2 heterocycles. The van der Waals surface area contributed by atoms with Crippen LogP contribution in [0.4, 0.5) is 11.5 Å². The van der Waals surface area contributed by atoms with E-state index in [1.54, 1.807) is 0 Å². The Labute approximate surface area is 84.3 Å². The summed E-state index contributed by atoms with van der Waals surface area (Å²) >= 11 is 0. The predicted molar refractivity (Wildman–Crippen MR) is 58.8 cm³/mol. The zero-order valence-electron chi connectivity index (χ0n) is 8.62. The van der Waals surface area contributed by atoms with Crippen molar-refractivity contribution in [2.75, 3.05) is 37.4 Å². The van der Waals surface area contributed by atoms with Crippen LogP contribution >= 0.6 is 0 Å². The molecule has 14 heavy (non-hydrogen) atoms. The molecule has 0 unspecified atom stereocenters. The third kappa shape index (κ3) is 1.96. The van der Waals surface area contributed by atoms with Crippen LogP contribution in [0.5, 0.6) is 0 Å². The molecule has 2 N–H and O–H groups in total. The Morgan fingerprint density at radius 2 is 2.21 bits per heavy atom. The normalized spacial score (nSPS) is 16.1. The minimum atomic E-state index is 0.571. The number of nitrogens with one attached hydrogen (secondary N) is 2. The van der Waals surface area contributed by atoms with E-state index in [1.807, 2.05) is 31.3 Å². The maximum atomic E-state index is 4.33. The summed E-state index contributed by atoms with van der Waals surface area (Å²) in [5.74, 6) is 0.988. The average Bonchev–Trinajstić information content (AvgIpc) is 2.12. The van der Waals surface area contributed by atoms with E-state index in [4.69, 9.17) is 0 Å². The lowest BCUT2D eigenvalue weighted by molar-refractivity contribution is 0.472. The van der Waals surface area contributed by atoms with Gasteiger partial charge in [-0.25, -0.2) is 4.98 Å². The lowest BCUT2D eigenvalue weighted by Gasteiger charge is -2.28. The van der Waals surface area contributed by atoms with E-state index in [2.05, 4.69) is 21.7 Å². The Morgan fingerprint density at radius 1 is 1.43 bits per heavy atom. The van der Waals surface area contributed by atoms with Gasteiger partial charge in [0, 0.05) is 27.2 Å². The van der Waals surface area contributed by atoms with E-state index in [-0.39, 0.29) is 0 Å². The summed E-state index contributed by atoms with van der Waals surface area (Å²) in [6.45, 7) is 2.10. The summed E-state index contributed by atoms with van der Waals surface area (Å²) in [5.41, 5.74) is 1.10. The molecular weight excluding hydrogens is 176 g/mol. The molecule has 4 nitrogen and oxygen atoms in total. The van der Waals surface area contributed by atoms with Crippen LogP contribution in [0.2, 0.25) is 0 Å².